The first-order valence-electron chi connectivity index (χ1n) is 11.2. The average Bonchev–Trinajstić information content (AvgIpc) is 3.43. The number of rotatable bonds is 8. The molecule has 1 saturated heterocycles. The minimum Gasteiger partial charge on any atom is -0.462 e. The molecule has 36 heavy (non-hydrogen) atoms. The van der Waals surface area contributed by atoms with Crippen molar-refractivity contribution in [2.24, 2.45) is 0 Å². The van der Waals surface area contributed by atoms with Gasteiger partial charge in [0.15, 0.2) is 11.5 Å². The number of fused-ring (bicyclic) bond motifs is 1. The van der Waals surface area contributed by atoms with E-state index in [0.29, 0.717) is 23.3 Å². The van der Waals surface area contributed by atoms with Crippen molar-refractivity contribution in [1.29, 1.82) is 0 Å². The fraction of sp³-hybridized carbons (Fsp3) is 0.250. The first-order valence-corrected chi connectivity index (χ1v) is 12.5. The van der Waals surface area contributed by atoms with Gasteiger partial charge >= 0.3 is 16.5 Å². The number of hydrogen-bond donors (Lipinski definition) is 0. The van der Waals surface area contributed by atoms with Crippen LogP contribution in [-0.2, 0) is 10.5 Å². The summed E-state index contributed by atoms with van der Waals surface area (Å²) >= 11 is 0. The van der Waals surface area contributed by atoms with Crippen LogP contribution in [0.15, 0.2) is 60.8 Å². The maximum Gasteiger partial charge on any atom is 0.488 e. The predicted molar refractivity (Wildman–Crippen MR) is 127 cm³/mol. The molecule has 0 radical (unpaired) electrons. The molecule has 188 valence electrons. The first kappa shape index (κ1) is 23.9. The van der Waals surface area contributed by atoms with Crippen LogP contribution in [0.1, 0.15) is 12.8 Å². The highest BCUT2D eigenvalue weighted by Gasteiger charge is 2.23. The molecule has 1 atom stereocenters. The Hall–Kier alpha value is -3.77. The lowest BCUT2D eigenvalue weighted by Crippen LogP contribution is -2.30. The number of ether oxygens (including phenoxy) is 2. The molecule has 0 aliphatic carbocycles. The van der Waals surface area contributed by atoms with Crippen LogP contribution in [0.25, 0.3) is 16.7 Å². The molecule has 9 nitrogen and oxygen atoms in total. The Bertz CT molecular complexity index is 1510. The van der Waals surface area contributed by atoms with E-state index in [9.17, 15) is 16.7 Å². The molecule has 4 aromatic rings. The quantitative estimate of drug-likeness (QED) is 0.318. The molecule has 1 aliphatic rings. The van der Waals surface area contributed by atoms with Gasteiger partial charge in [-0.1, -0.05) is 16.0 Å². The zero-order valence-electron chi connectivity index (χ0n) is 19.2. The molecule has 2 aromatic heterocycles. The summed E-state index contributed by atoms with van der Waals surface area (Å²) in [6.07, 6.45) is 3.77. The van der Waals surface area contributed by atoms with Crippen LogP contribution in [-0.4, -0.2) is 54.1 Å². The number of aromatic nitrogens is 3. The van der Waals surface area contributed by atoms with Gasteiger partial charge in [0.05, 0.1) is 5.52 Å². The van der Waals surface area contributed by atoms with Crippen molar-refractivity contribution in [3.63, 3.8) is 0 Å². The number of nitrogens with zero attached hydrogens (tertiary/aromatic N) is 4. The van der Waals surface area contributed by atoms with Crippen LogP contribution < -0.4 is 13.7 Å². The highest BCUT2D eigenvalue weighted by atomic mass is 32.3. The molecule has 0 spiro atoms. The lowest BCUT2D eigenvalue weighted by atomic mass is 10.2. The second-order valence-electron chi connectivity index (χ2n) is 8.35. The number of likely N-dealkylation sites (N-methyl/N-ethyl adjacent to an activating group) is 1. The summed E-state index contributed by atoms with van der Waals surface area (Å²) in [7, 11) is -3.25. The minimum absolute atomic E-state index is 0.00560. The molecule has 0 amide bonds. The first-order chi connectivity index (χ1) is 17.2. The Kier molecular flexibility index (Phi) is 6.46. The van der Waals surface area contributed by atoms with Crippen LogP contribution in [0.4, 0.5) is 8.28 Å². The van der Waals surface area contributed by atoms with E-state index >= 15 is 0 Å². The number of benzene rings is 2. The van der Waals surface area contributed by atoms with Gasteiger partial charge in [-0.05, 0) is 62.8 Å². The summed E-state index contributed by atoms with van der Waals surface area (Å²) in [5.74, 6) is -0.420. The molecule has 1 aliphatic heterocycles. The molecule has 3 heterocycles. The summed E-state index contributed by atoms with van der Waals surface area (Å²) in [5.41, 5.74) is 0.690. The molecule has 0 bridgehead atoms. The highest BCUT2D eigenvalue weighted by molar-refractivity contribution is 7.81. The Morgan fingerprint density at radius 1 is 1.08 bits per heavy atom. The molecule has 5 rings (SSSR count). The zero-order chi connectivity index (χ0) is 25.3. The molecule has 1 fully saturated rings. The lowest BCUT2D eigenvalue weighted by molar-refractivity contribution is 0.186. The van der Waals surface area contributed by atoms with Crippen molar-refractivity contribution in [3.8, 4) is 29.2 Å². The van der Waals surface area contributed by atoms with E-state index in [1.807, 2.05) is 7.05 Å². The van der Waals surface area contributed by atoms with Gasteiger partial charge in [0, 0.05) is 23.7 Å². The molecular weight excluding hydrogens is 494 g/mol. The van der Waals surface area contributed by atoms with E-state index in [1.165, 1.54) is 36.4 Å². The predicted octanol–water partition coefficient (Wildman–Crippen LogP) is 4.42. The summed E-state index contributed by atoms with van der Waals surface area (Å²) in [6, 6.07) is 13.5. The topological polar surface area (TPSA) is 95.8 Å². The molecule has 12 heteroatoms. The van der Waals surface area contributed by atoms with Crippen molar-refractivity contribution in [2.45, 2.75) is 18.9 Å². The van der Waals surface area contributed by atoms with Gasteiger partial charge in [0.2, 0.25) is 5.88 Å². The minimum atomic E-state index is -5.27. The smallest absolute Gasteiger partial charge is 0.462 e. The number of halogens is 2. The third-order valence-electron chi connectivity index (χ3n) is 5.90. The monoisotopic (exact) mass is 516 g/mol. The number of likely N-dealkylation sites (tertiary alicyclic amines) is 1. The average molecular weight is 517 g/mol. The van der Waals surface area contributed by atoms with Crippen LogP contribution in [0, 0.1) is 5.82 Å². The summed E-state index contributed by atoms with van der Waals surface area (Å²) in [5, 5.41) is 0.665. The van der Waals surface area contributed by atoms with E-state index in [4.69, 9.17) is 9.47 Å². The Labute approximate surface area is 206 Å². The molecular formula is C24H22F2N4O5S. The van der Waals surface area contributed by atoms with Crippen LogP contribution in [0.3, 0.4) is 0 Å². The maximum atomic E-state index is 13.7. The van der Waals surface area contributed by atoms with Crippen LogP contribution in [0.2, 0.25) is 0 Å². The molecule has 0 N–H and O–H groups in total. The van der Waals surface area contributed by atoms with Gasteiger partial charge in [-0.25, -0.2) is 4.39 Å². The third-order valence-corrected chi connectivity index (χ3v) is 6.28. The Morgan fingerprint density at radius 3 is 2.64 bits per heavy atom. The second kappa shape index (κ2) is 9.70. The van der Waals surface area contributed by atoms with E-state index < -0.39 is 10.5 Å². The number of hydrogen-bond acceptors (Lipinski definition) is 8. The van der Waals surface area contributed by atoms with Crippen molar-refractivity contribution in [3.05, 3.63) is 66.6 Å². The number of para-hydroxylation sites is 2. The van der Waals surface area contributed by atoms with Gasteiger partial charge in [-0.15, -0.1) is 0 Å². The van der Waals surface area contributed by atoms with Crippen LogP contribution in [0.5, 0.6) is 23.4 Å². The van der Waals surface area contributed by atoms with E-state index in [1.54, 1.807) is 29.0 Å². The summed E-state index contributed by atoms with van der Waals surface area (Å²) < 4.78 is 66.7. The molecule has 2 aromatic carbocycles. The Morgan fingerprint density at radius 2 is 1.89 bits per heavy atom. The lowest BCUT2D eigenvalue weighted by Gasteiger charge is -2.19. The standard InChI is InChI=1S/C24H22F2N4O5S/c1-29-11-4-5-18(29)15-33-24-27-22(30-12-10-16-13-17(25)8-9-19(16)30)14-23(28-24)34-20-6-2-3-7-21(20)35-36(26,31)32/h2-3,6-10,12-14,18H,4-5,11,15H2,1H3/t18-/m0/s1. The van der Waals surface area contributed by atoms with E-state index in [-0.39, 0.29) is 35.2 Å². The van der Waals surface area contributed by atoms with Crippen molar-refractivity contribution < 1.29 is 30.4 Å². The van der Waals surface area contributed by atoms with Crippen LogP contribution >= 0.6 is 0 Å². The fourth-order valence-corrected chi connectivity index (χ4v) is 4.48. The van der Waals surface area contributed by atoms with Gasteiger partial charge in [-0.2, -0.15) is 18.4 Å². The van der Waals surface area contributed by atoms with E-state index in [0.717, 1.165) is 19.4 Å². The normalized spacial score (nSPS) is 16.4. The fourth-order valence-electron chi connectivity index (χ4n) is 4.13. The molecule has 0 unspecified atom stereocenters. The van der Waals surface area contributed by atoms with Crippen molar-refractivity contribution in [2.75, 3.05) is 20.2 Å². The third kappa shape index (κ3) is 5.39. The highest BCUT2D eigenvalue weighted by Crippen LogP contribution is 2.33. The second-order valence-corrected chi connectivity index (χ2v) is 9.30. The van der Waals surface area contributed by atoms with Crippen molar-refractivity contribution >= 4 is 21.4 Å². The van der Waals surface area contributed by atoms with Crippen molar-refractivity contribution in [1.82, 2.24) is 19.4 Å². The SMILES string of the molecule is CN1CCC[C@H]1COc1nc(Oc2ccccc2OS(=O)(=O)F)cc(-n2ccc3cc(F)ccc32)n1. The van der Waals surface area contributed by atoms with E-state index in [2.05, 4.69) is 19.1 Å². The van der Waals surface area contributed by atoms with Gasteiger partial charge in [0.1, 0.15) is 18.2 Å². The van der Waals surface area contributed by atoms with Gasteiger partial charge in [-0.3, -0.25) is 0 Å². The summed E-state index contributed by atoms with van der Waals surface area (Å²) in [4.78, 5) is 11.0. The summed E-state index contributed by atoms with van der Waals surface area (Å²) in [6.45, 7) is 1.33. The maximum absolute atomic E-state index is 13.7. The molecule has 0 saturated carbocycles. The zero-order valence-corrected chi connectivity index (χ0v) is 20.0. The van der Waals surface area contributed by atoms with Gasteiger partial charge in [0.25, 0.3) is 0 Å². The largest absolute Gasteiger partial charge is 0.488 e. The van der Waals surface area contributed by atoms with Gasteiger partial charge < -0.3 is 23.1 Å². The Balaban J connectivity index is 1.52.